The van der Waals surface area contributed by atoms with Gasteiger partial charge in [0.05, 0.1) is 6.10 Å². The van der Waals surface area contributed by atoms with Crippen molar-refractivity contribution in [3.63, 3.8) is 0 Å². The van der Waals surface area contributed by atoms with Crippen molar-refractivity contribution in [2.75, 3.05) is 30.5 Å². The Morgan fingerprint density at radius 2 is 2.28 bits per heavy atom. The van der Waals surface area contributed by atoms with Crippen LogP contribution in [0.3, 0.4) is 0 Å². The number of anilines is 2. The molecule has 5 nitrogen and oxygen atoms in total. The van der Waals surface area contributed by atoms with Crippen molar-refractivity contribution in [3.8, 4) is 0 Å². The summed E-state index contributed by atoms with van der Waals surface area (Å²) < 4.78 is 32.2. The van der Waals surface area contributed by atoms with E-state index in [1.54, 1.807) is 12.0 Å². The summed E-state index contributed by atoms with van der Waals surface area (Å²) in [5.41, 5.74) is 2.12. The molecule has 0 aromatic carbocycles. The van der Waals surface area contributed by atoms with Gasteiger partial charge in [0.1, 0.15) is 0 Å². The zero-order chi connectivity index (χ0) is 13.1. The maximum absolute atomic E-state index is 13.7. The number of halogens is 2. The number of ether oxygens (including phenoxy) is 1. The maximum Gasteiger partial charge on any atom is 0.178 e. The Balaban J connectivity index is 2.26. The van der Waals surface area contributed by atoms with Crippen molar-refractivity contribution >= 4 is 11.6 Å². The Morgan fingerprint density at radius 1 is 1.50 bits per heavy atom. The largest absolute Gasteiger partial charge is 0.380 e. The van der Waals surface area contributed by atoms with Gasteiger partial charge in [0.25, 0.3) is 0 Å². The van der Waals surface area contributed by atoms with Crippen LogP contribution in [0.25, 0.3) is 0 Å². The van der Waals surface area contributed by atoms with Crippen molar-refractivity contribution in [1.82, 2.24) is 4.98 Å². The summed E-state index contributed by atoms with van der Waals surface area (Å²) in [5, 5.41) is 0. The summed E-state index contributed by atoms with van der Waals surface area (Å²) in [6.45, 7) is 1.20. The summed E-state index contributed by atoms with van der Waals surface area (Å²) in [6.07, 6.45) is 1.85. The fourth-order valence-electron chi connectivity index (χ4n) is 2.10. The molecule has 1 aromatic heterocycles. The molecule has 1 saturated heterocycles. The highest BCUT2D eigenvalue weighted by molar-refractivity contribution is 5.49. The van der Waals surface area contributed by atoms with Crippen LogP contribution in [0, 0.1) is 11.6 Å². The molecule has 1 aliphatic rings. The molecule has 1 fully saturated rings. The Bertz CT molecular complexity index is 430. The molecule has 3 N–H and O–H groups in total. The molecule has 100 valence electrons. The van der Waals surface area contributed by atoms with E-state index in [1.807, 2.05) is 0 Å². The number of nitrogens with two attached hydrogens (primary N) is 1. The fraction of sp³-hybridized carbons (Fsp3) is 0.545. The number of piperidine rings is 1. The molecular formula is C11H16F2N4O. The van der Waals surface area contributed by atoms with E-state index in [0.29, 0.717) is 13.1 Å². The third-order valence-corrected chi connectivity index (χ3v) is 3.06. The molecule has 0 amide bonds. The molecule has 7 heteroatoms. The number of nitrogens with zero attached hydrogens (tertiary/aromatic N) is 2. The van der Waals surface area contributed by atoms with Gasteiger partial charge in [-0.2, -0.15) is 0 Å². The molecule has 1 aromatic rings. The first kappa shape index (κ1) is 13.0. The summed E-state index contributed by atoms with van der Waals surface area (Å²) >= 11 is 0. The Kier molecular flexibility index (Phi) is 3.93. The van der Waals surface area contributed by atoms with Gasteiger partial charge in [0.2, 0.25) is 0 Å². The van der Waals surface area contributed by atoms with E-state index in [4.69, 9.17) is 10.6 Å². The predicted octanol–water partition coefficient (Wildman–Crippen LogP) is 1.26. The van der Waals surface area contributed by atoms with Crippen LogP contribution in [-0.2, 0) is 4.74 Å². The predicted molar refractivity (Wildman–Crippen MR) is 64.2 cm³/mol. The first-order valence-electron chi connectivity index (χ1n) is 5.76. The van der Waals surface area contributed by atoms with Crippen LogP contribution in [0.2, 0.25) is 0 Å². The van der Waals surface area contributed by atoms with E-state index >= 15 is 0 Å². The van der Waals surface area contributed by atoms with Crippen molar-refractivity contribution in [2.45, 2.75) is 18.9 Å². The van der Waals surface area contributed by atoms with Crippen LogP contribution in [0.4, 0.5) is 20.4 Å². The minimum atomic E-state index is -0.806. The van der Waals surface area contributed by atoms with E-state index in [-0.39, 0.29) is 17.7 Å². The number of nitrogens with one attached hydrogen (secondary N) is 1. The summed E-state index contributed by atoms with van der Waals surface area (Å²) in [6, 6.07) is 0.786. The number of nitrogen functional groups attached to an aromatic ring is 1. The second-order valence-corrected chi connectivity index (χ2v) is 4.21. The lowest BCUT2D eigenvalue weighted by Gasteiger charge is -2.33. The number of hydrogen-bond donors (Lipinski definition) is 2. The summed E-state index contributed by atoms with van der Waals surface area (Å²) in [4.78, 5) is 5.61. The van der Waals surface area contributed by atoms with Gasteiger partial charge in [-0.1, -0.05) is 0 Å². The average Bonchev–Trinajstić information content (AvgIpc) is 2.39. The molecule has 0 bridgehead atoms. The van der Waals surface area contributed by atoms with Crippen LogP contribution in [0.1, 0.15) is 12.8 Å². The summed E-state index contributed by atoms with van der Waals surface area (Å²) in [5.74, 6) is 3.58. The molecule has 1 aliphatic heterocycles. The van der Waals surface area contributed by atoms with Crippen LogP contribution in [0.15, 0.2) is 6.07 Å². The van der Waals surface area contributed by atoms with Crippen molar-refractivity contribution in [1.29, 1.82) is 0 Å². The van der Waals surface area contributed by atoms with Gasteiger partial charge in [0, 0.05) is 26.3 Å². The SMILES string of the molecule is COC1CCCN(c2nc(NN)c(F)cc2F)C1. The first-order chi connectivity index (χ1) is 8.65. The molecule has 0 spiro atoms. The molecule has 0 radical (unpaired) electrons. The zero-order valence-corrected chi connectivity index (χ0v) is 10.1. The van der Waals surface area contributed by atoms with E-state index in [9.17, 15) is 8.78 Å². The molecule has 2 heterocycles. The van der Waals surface area contributed by atoms with Crippen LogP contribution < -0.4 is 16.2 Å². The minimum absolute atomic E-state index is 0.0410. The molecule has 1 unspecified atom stereocenters. The maximum atomic E-state index is 13.7. The molecule has 0 aliphatic carbocycles. The third-order valence-electron chi connectivity index (χ3n) is 3.06. The van der Waals surface area contributed by atoms with Gasteiger partial charge in [0.15, 0.2) is 23.3 Å². The Hall–Kier alpha value is -1.47. The quantitative estimate of drug-likeness (QED) is 0.631. The molecule has 2 rings (SSSR count). The number of hydrazine groups is 1. The lowest BCUT2D eigenvalue weighted by molar-refractivity contribution is 0.0889. The highest BCUT2D eigenvalue weighted by Gasteiger charge is 2.24. The lowest BCUT2D eigenvalue weighted by Crippen LogP contribution is -2.40. The third kappa shape index (κ3) is 2.51. The highest BCUT2D eigenvalue weighted by Crippen LogP contribution is 2.25. The standard InChI is InChI=1S/C11H16F2N4O/c1-18-7-3-2-4-17(6-7)11-9(13)5-8(12)10(15-11)16-14/h5,7H,2-4,6,14H2,1H3,(H,15,16). The second kappa shape index (κ2) is 5.45. The van der Waals surface area contributed by atoms with E-state index < -0.39 is 11.6 Å². The fourth-order valence-corrected chi connectivity index (χ4v) is 2.10. The number of rotatable bonds is 3. The smallest absolute Gasteiger partial charge is 0.178 e. The monoisotopic (exact) mass is 258 g/mol. The first-order valence-corrected chi connectivity index (χ1v) is 5.76. The van der Waals surface area contributed by atoms with E-state index in [2.05, 4.69) is 10.4 Å². The highest BCUT2D eigenvalue weighted by atomic mass is 19.1. The number of methoxy groups -OCH3 is 1. The van der Waals surface area contributed by atoms with Gasteiger partial charge in [-0.25, -0.2) is 19.6 Å². The number of aromatic nitrogens is 1. The topological polar surface area (TPSA) is 63.4 Å². The second-order valence-electron chi connectivity index (χ2n) is 4.21. The zero-order valence-electron chi connectivity index (χ0n) is 10.1. The Morgan fingerprint density at radius 3 is 2.94 bits per heavy atom. The van der Waals surface area contributed by atoms with Gasteiger partial charge in [-0.15, -0.1) is 0 Å². The number of hydrogen-bond acceptors (Lipinski definition) is 5. The normalized spacial score (nSPS) is 20.0. The van der Waals surface area contributed by atoms with Gasteiger partial charge >= 0.3 is 0 Å². The molecule has 0 saturated carbocycles. The lowest BCUT2D eigenvalue weighted by atomic mass is 10.1. The van der Waals surface area contributed by atoms with E-state index in [1.165, 1.54) is 0 Å². The average molecular weight is 258 g/mol. The van der Waals surface area contributed by atoms with Gasteiger partial charge in [-0.05, 0) is 12.8 Å². The van der Waals surface area contributed by atoms with Gasteiger partial charge in [-0.3, -0.25) is 0 Å². The van der Waals surface area contributed by atoms with Crippen LogP contribution in [0.5, 0.6) is 0 Å². The van der Waals surface area contributed by atoms with Crippen molar-refractivity contribution in [2.24, 2.45) is 5.84 Å². The van der Waals surface area contributed by atoms with Gasteiger partial charge < -0.3 is 15.1 Å². The van der Waals surface area contributed by atoms with Crippen LogP contribution >= 0.6 is 0 Å². The molecule has 18 heavy (non-hydrogen) atoms. The molecule has 1 atom stereocenters. The number of pyridine rings is 1. The van der Waals surface area contributed by atoms with Crippen molar-refractivity contribution < 1.29 is 13.5 Å². The van der Waals surface area contributed by atoms with Crippen molar-refractivity contribution in [3.05, 3.63) is 17.7 Å². The molecular weight excluding hydrogens is 242 g/mol. The Labute approximate surface area is 104 Å². The van der Waals surface area contributed by atoms with Crippen LogP contribution in [-0.4, -0.2) is 31.3 Å². The van der Waals surface area contributed by atoms with E-state index in [0.717, 1.165) is 18.9 Å². The summed E-state index contributed by atoms with van der Waals surface area (Å²) in [7, 11) is 1.62. The minimum Gasteiger partial charge on any atom is -0.380 e.